The molecule has 2 aromatic carbocycles. The molecule has 1 heterocycles. The first-order chi connectivity index (χ1) is 13.7. The number of thiazole rings is 1. The van der Waals surface area contributed by atoms with E-state index in [9.17, 15) is 13.2 Å². The Bertz CT molecular complexity index is 1160. The molecule has 7 nitrogen and oxygen atoms in total. The van der Waals surface area contributed by atoms with Crippen molar-refractivity contribution in [2.75, 3.05) is 17.1 Å². The fourth-order valence-electron chi connectivity index (χ4n) is 2.53. The number of nitrogens with one attached hydrogen (secondary N) is 2. The van der Waals surface area contributed by atoms with Crippen molar-refractivity contribution in [2.45, 2.75) is 18.7 Å². The monoisotopic (exact) mass is 495 g/mol. The van der Waals surface area contributed by atoms with Gasteiger partial charge in [-0.15, -0.1) is 0 Å². The number of carbonyl (C=O) groups excluding carboxylic acids is 1. The molecule has 152 valence electrons. The van der Waals surface area contributed by atoms with E-state index >= 15 is 0 Å². The SMILES string of the molecule is COc1ccc(S(=O)(=O)Nc2nc(C)c(C(=O)Nc3ccc(Br)cc3C)s2)cc1. The number of amides is 1. The van der Waals surface area contributed by atoms with Crippen molar-refractivity contribution >= 4 is 54.0 Å². The summed E-state index contributed by atoms with van der Waals surface area (Å²) in [5, 5.41) is 2.96. The molecule has 3 aromatic rings. The van der Waals surface area contributed by atoms with Crippen molar-refractivity contribution in [3.8, 4) is 5.75 Å². The Morgan fingerprint density at radius 1 is 1.14 bits per heavy atom. The van der Waals surface area contributed by atoms with Gasteiger partial charge in [-0.25, -0.2) is 13.4 Å². The van der Waals surface area contributed by atoms with Crippen LogP contribution in [0.4, 0.5) is 10.8 Å². The molecule has 0 atom stereocenters. The van der Waals surface area contributed by atoms with E-state index in [0.29, 0.717) is 22.0 Å². The minimum atomic E-state index is -3.83. The molecule has 10 heteroatoms. The van der Waals surface area contributed by atoms with Gasteiger partial charge in [-0.3, -0.25) is 9.52 Å². The molecule has 0 radical (unpaired) electrons. The fourth-order valence-corrected chi connectivity index (χ4v) is 5.10. The molecule has 1 amide bonds. The normalized spacial score (nSPS) is 11.2. The second-order valence-electron chi connectivity index (χ2n) is 6.13. The van der Waals surface area contributed by atoms with Gasteiger partial charge in [0.2, 0.25) is 0 Å². The van der Waals surface area contributed by atoms with E-state index < -0.39 is 10.0 Å². The van der Waals surface area contributed by atoms with E-state index in [2.05, 4.69) is 31.0 Å². The third-order valence-corrected chi connectivity index (χ3v) is 7.08. The average molecular weight is 496 g/mol. The largest absolute Gasteiger partial charge is 0.497 e. The Kier molecular flexibility index (Phi) is 6.25. The van der Waals surface area contributed by atoms with Crippen LogP contribution in [0.2, 0.25) is 0 Å². The van der Waals surface area contributed by atoms with Crippen LogP contribution in [0, 0.1) is 13.8 Å². The molecule has 0 saturated heterocycles. The van der Waals surface area contributed by atoms with Gasteiger partial charge in [0.1, 0.15) is 10.6 Å². The summed E-state index contributed by atoms with van der Waals surface area (Å²) in [6.45, 7) is 3.54. The maximum absolute atomic E-state index is 12.6. The molecule has 0 aliphatic rings. The smallest absolute Gasteiger partial charge is 0.267 e. The van der Waals surface area contributed by atoms with Crippen LogP contribution in [0.15, 0.2) is 51.8 Å². The summed E-state index contributed by atoms with van der Waals surface area (Å²) in [6, 6.07) is 11.5. The predicted octanol–water partition coefficient (Wildman–Crippen LogP) is 4.58. The summed E-state index contributed by atoms with van der Waals surface area (Å²) >= 11 is 4.36. The van der Waals surface area contributed by atoms with E-state index in [-0.39, 0.29) is 15.9 Å². The van der Waals surface area contributed by atoms with Gasteiger partial charge >= 0.3 is 0 Å². The Balaban J connectivity index is 1.79. The molecule has 0 fully saturated rings. The van der Waals surface area contributed by atoms with Crippen molar-refractivity contribution in [1.82, 2.24) is 4.98 Å². The van der Waals surface area contributed by atoms with Crippen LogP contribution < -0.4 is 14.8 Å². The summed E-state index contributed by atoms with van der Waals surface area (Å²) in [5.74, 6) is 0.205. The second-order valence-corrected chi connectivity index (χ2v) is 9.73. The summed E-state index contributed by atoms with van der Waals surface area (Å²) in [7, 11) is -2.33. The first kappa shape index (κ1) is 21.3. The van der Waals surface area contributed by atoms with Crippen LogP contribution in [0.5, 0.6) is 5.75 Å². The fraction of sp³-hybridized carbons (Fsp3) is 0.158. The number of sulfonamides is 1. The Morgan fingerprint density at radius 2 is 1.83 bits per heavy atom. The van der Waals surface area contributed by atoms with Gasteiger partial charge in [-0.2, -0.15) is 0 Å². The summed E-state index contributed by atoms with van der Waals surface area (Å²) < 4.78 is 33.5. The van der Waals surface area contributed by atoms with Crippen LogP contribution in [-0.4, -0.2) is 26.4 Å². The highest BCUT2D eigenvalue weighted by Crippen LogP contribution is 2.27. The van der Waals surface area contributed by atoms with Crippen LogP contribution in [0.1, 0.15) is 20.9 Å². The molecule has 0 bridgehead atoms. The van der Waals surface area contributed by atoms with Gasteiger partial charge < -0.3 is 10.1 Å². The van der Waals surface area contributed by atoms with Gasteiger partial charge in [-0.1, -0.05) is 27.3 Å². The molecule has 29 heavy (non-hydrogen) atoms. The zero-order valence-electron chi connectivity index (χ0n) is 15.8. The third-order valence-electron chi connectivity index (χ3n) is 4.03. The lowest BCUT2D eigenvalue weighted by atomic mass is 10.2. The number of aryl methyl sites for hydroxylation is 2. The number of anilines is 2. The molecular formula is C19H18BrN3O4S2. The van der Waals surface area contributed by atoms with Gasteiger partial charge in [-0.05, 0) is 61.9 Å². The van der Waals surface area contributed by atoms with Gasteiger partial charge in [0, 0.05) is 10.2 Å². The standard InChI is InChI=1S/C19H18BrN3O4S2/c1-11-10-13(20)4-9-16(11)22-18(24)17-12(2)21-19(28-17)23-29(25,26)15-7-5-14(27-3)6-8-15/h4-10H,1-3H3,(H,21,23)(H,22,24). The Morgan fingerprint density at radius 3 is 2.45 bits per heavy atom. The first-order valence-electron chi connectivity index (χ1n) is 8.41. The quantitative estimate of drug-likeness (QED) is 0.521. The lowest BCUT2D eigenvalue weighted by Crippen LogP contribution is -2.12. The number of hydrogen-bond acceptors (Lipinski definition) is 6. The highest BCUT2D eigenvalue weighted by Gasteiger charge is 2.21. The van der Waals surface area contributed by atoms with Crippen molar-refractivity contribution in [3.63, 3.8) is 0 Å². The highest BCUT2D eigenvalue weighted by atomic mass is 79.9. The number of methoxy groups -OCH3 is 1. The lowest BCUT2D eigenvalue weighted by molar-refractivity contribution is 0.102. The number of carbonyl (C=O) groups is 1. The highest BCUT2D eigenvalue weighted by molar-refractivity contribution is 9.10. The number of halogens is 1. The van der Waals surface area contributed by atoms with Crippen LogP contribution in [-0.2, 0) is 10.0 Å². The molecule has 1 aromatic heterocycles. The topological polar surface area (TPSA) is 97.4 Å². The number of ether oxygens (including phenoxy) is 1. The average Bonchev–Trinajstić information content (AvgIpc) is 3.03. The molecule has 0 unspecified atom stereocenters. The van der Waals surface area contributed by atoms with E-state index in [1.165, 1.54) is 19.2 Å². The molecular weight excluding hydrogens is 478 g/mol. The van der Waals surface area contributed by atoms with Crippen LogP contribution in [0.25, 0.3) is 0 Å². The van der Waals surface area contributed by atoms with Crippen molar-refractivity contribution in [1.29, 1.82) is 0 Å². The first-order valence-corrected chi connectivity index (χ1v) is 11.5. The van der Waals surface area contributed by atoms with E-state index in [0.717, 1.165) is 21.4 Å². The second kappa shape index (κ2) is 8.52. The molecule has 3 rings (SSSR count). The molecule has 2 N–H and O–H groups in total. The Hall–Kier alpha value is -2.43. The molecule has 0 spiro atoms. The minimum Gasteiger partial charge on any atom is -0.497 e. The maximum Gasteiger partial charge on any atom is 0.267 e. The maximum atomic E-state index is 12.6. The van der Waals surface area contributed by atoms with Crippen molar-refractivity contribution in [3.05, 3.63) is 63.1 Å². The number of aromatic nitrogens is 1. The van der Waals surface area contributed by atoms with Gasteiger partial charge in [0.25, 0.3) is 15.9 Å². The summed E-state index contributed by atoms with van der Waals surface area (Å²) in [5.41, 5.74) is 2.01. The molecule has 0 aliphatic heterocycles. The van der Waals surface area contributed by atoms with Gasteiger partial charge in [0.05, 0.1) is 17.7 Å². The predicted molar refractivity (Wildman–Crippen MR) is 117 cm³/mol. The van der Waals surface area contributed by atoms with E-state index in [1.54, 1.807) is 25.1 Å². The Labute approximate surface area is 181 Å². The van der Waals surface area contributed by atoms with E-state index in [1.807, 2.05) is 19.1 Å². The molecule has 0 saturated carbocycles. The number of hydrogen-bond donors (Lipinski definition) is 2. The van der Waals surface area contributed by atoms with Crippen LogP contribution >= 0.6 is 27.3 Å². The van der Waals surface area contributed by atoms with Crippen molar-refractivity contribution in [2.24, 2.45) is 0 Å². The molecule has 0 aliphatic carbocycles. The van der Waals surface area contributed by atoms with Gasteiger partial charge in [0.15, 0.2) is 5.13 Å². The third kappa shape index (κ3) is 4.95. The van der Waals surface area contributed by atoms with E-state index in [4.69, 9.17) is 4.74 Å². The minimum absolute atomic E-state index is 0.0719. The van der Waals surface area contributed by atoms with Crippen molar-refractivity contribution < 1.29 is 17.9 Å². The number of rotatable bonds is 6. The summed E-state index contributed by atoms with van der Waals surface area (Å²) in [4.78, 5) is 17.2. The van der Waals surface area contributed by atoms with Crippen LogP contribution in [0.3, 0.4) is 0 Å². The number of nitrogens with zero attached hydrogens (tertiary/aromatic N) is 1. The number of benzene rings is 2. The zero-order chi connectivity index (χ0) is 21.2. The lowest BCUT2D eigenvalue weighted by Gasteiger charge is -2.08. The zero-order valence-corrected chi connectivity index (χ0v) is 19.0. The summed E-state index contributed by atoms with van der Waals surface area (Å²) in [6.07, 6.45) is 0.